The van der Waals surface area contributed by atoms with Gasteiger partial charge in [-0.15, -0.1) is 17.5 Å². The third kappa shape index (κ3) is 5.15. The molecule has 0 bridgehead atoms. The summed E-state index contributed by atoms with van der Waals surface area (Å²) < 4.78 is 35.5. The summed E-state index contributed by atoms with van der Waals surface area (Å²) in [5, 5.41) is 12.5. The smallest absolute Gasteiger partial charge is 0.173 e. The van der Waals surface area contributed by atoms with E-state index in [1.54, 1.807) is 18.2 Å². The van der Waals surface area contributed by atoms with Gasteiger partial charge in [0.25, 0.3) is 0 Å². The second-order valence-corrected chi connectivity index (χ2v) is 8.28. The van der Waals surface area contributed by atoms with Crippen molar-refractivity contribution in [3.63, 3.8) is 0 Å². The molecule has 3 aromatic rings. The lowest BCUT2D eigenvalue weighted by Gasteiger charge is -2.40. The third-order valence-electron chi connectivity index (χ3n) is 6.26. The molecule has 2 aliphatic heterocycles. The number of para-hydroxylation sites is 1. The number of benzene rings is 2. The van der Waals surface area contributed by atoms with Gasteiger partial charge in [-0.3, -0.25) is 4.90 Å². The van der Waals surface area contributed by atoms with Crippen molar-refractivity contribution in [2.24, 2.45) is 0 Å². The van der Waals surface area contributed by atoms with Gasteiger partial charge in [0.05, 0.1) is 24.4 Å². The number of halogens is 3. The Kier molecular flexibility index (Phi) is 7.52. The van der Waals surface area contributed by atoms with E-state index in [1.807, 2.05) is 16.8 Å². The Bertz CT molecular complexity index is 1040. The number of nitrogens with zero attached hydrogens (tertiary/aromatic N) is 6. The number of ether oxygens (including phenoxy) is 1. The molecule has 33 heavy (non-hydrogen) atoms. The zero-order chi connectivity index (χ0) is 21.9. The van der Waals surface area contributed by atoms with Crippen LogP contribution in [0.4, 0.5) is 14.5 Å². The zero-order valence-corrected chi connectivity index (χ0v) is 19.0. The average Bonchev–Trinajstić information content (AvgIpc) is 3.49. The average molecular weight is 477 g/mol. The molecule has 2 atom stereocenters. The lowest BCUT2D eigenvalue weighted by atomic mass is 10.0. The zero-order valence-electron chi connectivity index (χ0n) is 18.2. The Hall–Kier alpha value is -2.62. The monoisotopic (exact) mass is 476 g/mol. The fourth-order valence-corrected chi connectivity index (χ4v) is 4.62. The first-order valence-electron chi connectivity index (χ1n) is 11.1. The van der Waals surface area contributed by atoms with Crippen LogP contribution in [-0.2, 0) is 11.3 Å². The molecule has 2 aliphatic rings. The molecule has 2 saturated heterocycles. The SMILES string of the molecule is Cl.Fc1ccc(C(c2nnnn2CC2CCCO2)N2CCN(c3ccccc3F)CC2)cc1. The summed E-state index contributed by atoms with van der Waals surface area (Å²) >= 11 is 0. The van der Waals surface area contributed by atoms with Crippen LogP contribution in [0.15, 0.2) is 48.5 Å². The van der Waals surface area contributed by atoms with Crippen molar-refractivity contribution < 1.29 is 13.5 Å². The van der Waals surface area contributed by atoms with Gasteiger partial charge in [-0.05, 0) is 53.1 Å². The van der Waals surface area contributed by atoms with Crippen LogP contribution in [0, 0.1) is 11.6 Å². The fourth-order valence-electron chi connectivity index (χ4n) is 4.62. The summed E-state index contributed by atoms with van der Waals surface area (Å²) in [5.41, 5.74) is 1.54. The van der Waals surface area contributed by atoms with Crippen molar-refractivity contribution in [2.75, 3.05) is 37.7 Å². The number of piperazine rings is 1. The van der Waals surface area contributed by atoms with Crippen molar-refractivity contribution >= 4 is 18.1 Å². The summed E-state index contributed by atoms with van der Waals surface area (Å²) in [4.78, 5) is 4.34. The first-order valence-corrected chi connectivity index (χ1v) is 11.1. The van der Waals surface area contributed by atoms with E-state index >= 15 is 0 Å². The van der Waals surface area contributed by atoms with Crippen molar-refractivity contribution in [3.05, 3.63) is 71.6 Å². The minimum atomic E-state index is -0.282. The molecule has 2 aromatic carbocycles. The van der Waals surface area contributed by atoms with Gasteiger partial charge in [0, 0.05) is 32.8 Å². The molecule has 2 unspecified atom stereocenters. The summed E-state index contributed by atoms with van der Waals surface area (Å²) in [6, 6.07) is 13.1. The van der Waals surface area contributed by atoms with E-state index in [0.29, 0.717) is 44.2 Å². The maximum atomic E-state index is 14.3. The molecule has 0 N–H and O–H groups in total. The molecule has 0 saturated carbocycles. The predicted molar refractivity (Wildman–Crippen MR) is 122 cm³/mol. The van der Waals surface area contributed by atoms with Crippen LogP contribution in [0.25, 0.3) is 0 Å². The first-order chi connectivity index (χ1) is 15.7. The molecule has 2 fully saturated rings. The van der Waals surface area contributed by atoms with Crippen LogP contribution in [0.5, 0.6) is 0 Å². The Balaban J connectivity index is 0.00000259. The number of rotatable bonds is 6. The number of aromatic nitrogens is 4. The fraction of sp³-hybridized carbons (Fsp3) is 0.435. The van der Waals surface area contributed by atoms with Crippen LogP contribution in [0.1, 0.15) is 30.3 Å². The second-order valence-electron chi connectivity index (χ2n) is 8.28. The van der Waals surface area contributed by atoms with Crippen molar-refractivity contribution in [1.82, 2.24) is 25.1 Å². The lowest BCUT2D eigenvalue weighted by molar-refractivity contribution is 0.0906. The molecule has 0 amide bonds. The van der Waals surface area contributed by atoms with Crippen LogP contribution in [0.3, 0.4) is 0 Å². The maximum Gasteiger partial charge on any atom is 0.173 e. The van der Waals surface area contributed by atoms with E-state index in [0.717, 1.165) is 25.0 Å². The topological polar surface area (TPSA) is 59.3 Å². The Labute approximate surface area is 197 Å². The van der Waals surface area contributed by atoms with Crippen LogP contribution in [-0.4, -0.2) is 64.0 Å². The number of anilines is 1. The second kappa shape index (κ2) is 10.5. The standard InChI is InChI=1S/C23H26F2N6O.ClH/c24-18-9-7-17(8-10-18)22(23-26-27-28-31(23)16-19-4-3-15-32-19)30-13-11-29(12-14-30)21-6-2-1-5-20(21)25;/h1-2,5-10,19,22H,3-4,11-16H2;1H. The van der Waals surface area contributed by atoms with E-state index in [1.165, 1.54) is 18.2 Å². The Morgan fingerprint density at radius 3 is 2.45 bits per heavy atom. The minimum Gasteiger partial charge on any atom is -0.376 e. The van der Waals surface area contributed by atoms with Crippen molar-refractivity contribution in [2.45, 2.75) is 31.5 Å². The highest BCUT2D eigenvalue weighted by Gasteiger charge is 2.32. The molecule has 7 nitrogen and oxygen atoms in total. The highest BCUT2D eigenvalue weighted by molar-refractivity contribution is 5.85. The predicted octanol–water partition coefficient (Wildman–Crippen LogP) is 3.46. The van der Waals surface area contributed by atoms with Gasteiger partial charge in [0.2, 0.25) is 0 Å². The maximum absolute atomic E-state index is 14.3. The van der Waals surface area contributed by atoms with Gasteiger partial charge >= 0.3 is 0 Å². The minimum absolute atomic E-state index is 0. The van der Waals surface area contributed by atoms with Crippen molar-refractivity contribution in [3.8, 4) is 0 Å². The van der Waals surface area contributed by atoms with Crippen LogP contribution in [0.2, 0.25) is 0 Å². The molecule has 10 heteroatoms. The van der Waals surface area contributed by atoms with E-state index in [-0.39, 0.29) is 36.2 Å². The van der Waals surface area contributed by atoms with Crippen molar-refractivity contribution in [1.29, 1.82) is 0 Å². The summed E-state index contributed by atoms with van der Waals surface area (Å²) in [6.07, 6.45) is 2.13. The lowest BCUT2D eigenvalue weighted by Crippen LogP contribution is -2.48. The summed E-state index contributed by atoms with van der Waals surface area (Å²) in [6.45, 7) is 4.10. The molecular formula is C23H27ClF2N6O. The van der Waals surface area contributed by atoms with Crippen LogP contribution < -0.4 is 4.90 Å². The van der Waals surface area contributed by atoms with E-state index < -0.39 is 0 Å². The molecule has 176 valence electrons. The van der Waals surface area contributed by atoms with Gasteiger partial charge < -0.3 is 9.64 Å². The molecule has 5 rings (SSSR count). The largest absolute Gasteiger partial charge is 0.376 e. The van der Waals surface area contributed by atoms with E-state index in [9.17, 15) is 8.78 Å². The van der Waals surface area contributed by atoms with Gasteiger partial charge in [0.15, 0.2) is 5.82 Å². The number of hydrogen-bond donors (Lipinski definition) is 0. The van der Waals surface area contributed by atoms with Gasteiger partial charge in [-0.2, -0.15) is 0 Å². The van der Waals surface area contributed by atoms with Crippen LogP contribution >= 0.6 is 12.4 Å². The number of hydrogen-bond acceptors (Lipinski definition) is 6. The molecule has 1 aromatic heterocycles. The Morgan fingerprint density at radius 2 is 1.76 bits per heavy atom. The van der Waals surface area contributed by atoms with Gasteiger partial charge in [-0.25, -0.2) is 13.5 Å². The van der Waals surface area contributed by atoms with E-state index in [4.69, 9.17) is 4.74 Å². The molecule has 3 heterocycles. The summed E-state index contributed by atoms with van der Waals surface area (Å²) in [7, 11) is 0. The molecule has 0 spiro atoms. The molecular weight excluding hydrogens is 450 g/mol. The highest BCUT2D eigenvalue weighted by Crippen LogP contribution is 2.30. The Morgan fingerprint density at radius 1 is 1.00 bits per heavy atom. The van der Waals surface area contributed by atoms with Gasteiger partial charge in [0.1, 0.15) is 11.6 Å². The highest BCUT2D eigenvalue weighted by atomic mass is 35.5. The number of tetrazole rings is 1. The molecule has 0 radical (unpaired) electrons. The van der Waals surface area contributed by atoms with Gasteiger partial charge in [-0.1, -0.05) is 24.3 Å². The van der Waals surface area contributed by atoms with E-state index in [2.05, 4.69) is 25.3 Å². The third-order valence-corrected chi connectivity index (χ3v) is 6.26. The molecule has 0 aliphatic carbocycles. The summed E-state index contributed by atoms with van der Waals surface area (Å²) in [5.74, 6) is 0.221. The normalized spacial score (nSPS) is 19.9. The first kappa shape index (κ1) is 23.5. The quantitative estimate of drug-likeness (QED) is 0.543.